The molecular weight excluding hydrogens is 315 g/mol. The number of furan rings is 1. The van der Waals surface area contributed by atoms with Crippen molar-refractivity contribution >= 4 is 5.91 Å². The summed E-state index contributed by atoms with van der Waals surface area (Å²) in [5, 5.41) is 11.8. The van der Waals surface area contributed by atoms with Gasteiger partial charge in [0, 0.05) is 0 Å². The highest BCUT2D eigenvalue weighted by Crippen LogP contribution is 2.23. The molecule has 0 bridgehead atoms. The van der Waals surface area contributed by atoms with E-state index in [9.17, 15) is 23.1 Å². The third kappa shape index (κ3) is 5.33. The minimum absolute atomic E-state index is 0.160. The van der Waals surface area contributed by atoms with Crippen LogP contribution in [-0.2, 0) is 11.2 Å². The maximum atomic E-state index is 12.2. The fourth-order valence-electron chi connectivity index (χ4n) is 1.98. The Labute approximate surface area is 129 Å². The highest BCUT2D eigenvalue weighted by atomic mass is 19.4. The van der Waals surface area contributed by atoms with Crippen molar-refractivity contribution in [1.82, 2.24) is 5.32 Å². The molecule has 8 heteroatoms. The van der Waals surface area contributed by atoms with Crippen LogP contribution in [-0.4, -0.2) is 24.0 Å². The average molecular weight is 329 g/mol. The minimum atomic E-state index is -4.79. The standard InChI is InChI=1S/C15H14F3NO4/c16-15(17,18)23-11-4-1-3-10(7-11)8-14(21)19-12(9-20)13-5-2-6-22-13/h1-7,12,20H,8-9H2,(H,19,21). The number of hydrogen-bond acceptors (Lipinski definition) is 4. The molecule has 1 amide bonds. The number of nitrogens with one attached hydrogen (secondary N) is 1. The van der Waals surface area contributed by atoms with E-state index in [0.717, 1.165) is 12.1 Å². The number of halogens is 3. The zero-order chi connectivity index (χ0) is 16.9. The van der Waals surface area contributed by atoms with Crippen LogP contribution in [0.1, 0.15) is 17.4 Å². The first-order chi connectivity index (χ1) is 10.9. The van der Waals surface area contributed by atoms with Crippen molar-refractivity contribution in [3.8, 4) is 5.75 Å². The summed E-state index contributed by atoms with van der Waals surface area (Å²) in [5.74, 6) is -0.479. The first kappa shape index (κ1) is 16.9. The number of rotatable bonds is 6. The summed E-state index contributed by atoms with van der Waals surface area (Å²) in [6.07, 6.45) is -3.55. The fourth-order valence-corrected chi connectivity index (χ4v) is 1.98. The molecule has 2 N–H and O–H groups in total. The molecule has 2 rings (SSSR count). The van der Waals surface area contributed by atoms with Crippen molar-refractivity contribution in [2.24, 2.45) is 0 Å². The first-order valence-electron chi connectivity index (χ1n) is 6.65. The second kappa shape index (κ2) is 7.19. The second-order valence-corrected chi connectivity index (χ2v) is 4.69. The number of amides is 1. The van der Waals surface area contributed by atoms with E-state index in [0.29, 0.717) is 11.3 Å². The van der Waals surface area contributed by atoms with Crippen molar-refractivity contribution in [2.75, 3.05) is 6.61 Å². The number of benzene rings is 1. The van der Waals surface area contributed by atoms with Crippen molar-refractivity contribution < 1.29 is 32.2 Å². The van der Waals surface area contributed by atoms with Gasteiger partial charge in [-0.1, -0.05) is 12.1 Å². The molecule has 0 radical (unpaired) electrons. The normalized spacial score (nSPS) is 12.7. The number of aliphatic hydroxyl groups excluding tert-OH is 1. The summed E-state index contributed by atoms with van der Waals surface area (Å²) >= 11 is 0. The van der Waals surface area contributed by atoms with E-state index in [1.807, 2.05) is 0 Å². The van der Waals surface area contributed by atoms with E-state index in [4.69, 9.17) is 4.42 Å². The van der Waals surface area contributed by atoms with E-state index in [1.165, 1.54) is 18.4 Å². The lowest BCUT2D eigenvalue weighted by Crippen LogP contribution is -2.31. The van der Waals surface area contributed by atoms with E-state index >= 15 is 0 Å². The molecule has 0 saturated carbocycles. The van der Waals surface area contributed by atoms with Gasteiger partial charge in [-0.05, 0) is 29.8 Å². The van der Waals surface area contributed by atoms with Gasteiger partial charge in [0.25, 0.3) is 0 Å². The van der Waals surface area contributed by atoms with Crippen LogP contribution >= 0.6 is 0 Å². The van der Waals surface area contributed by atoms with E-state index in [-0.39, 0.29) is 13.0 Å². The Kier molecular flexibility index (Phi) is 5.28. The highest BCUT2D eigenvalue weighted by molar-refractivity contribution is 5.79. The van der Waals surface area contributed by atoms with Crippen LogP contribution in [0.2, 0.25) is 0 Å². The van der Waals surface area contributed by atoms with Crippen molar-refractivity contribution in [3.05, 3.63) is 54.0 Å². The maximum absolute atomic E-state index is 12.2. The highest BCUT2D eigenvalue weighted by Gasteiger charge is 2.31. The molecule has 1 aromatic carbocycles. The van der Waals surface area contributed by atoms with Crippen molar-refractivity contribution in [3.63, 3.8) is 0 Å². The fraction of sp³-hybridized carbons (Fsp3) is 0.267. The monoisotopic (exact) mass is 329 g/mol. The lowest BCUT2D eigenvalue weighted by molar-refractivity contribution is -0.274. The molecule has 124 valence electrons. The number of ether oxygens (including phenoxy) is 1. The third-order valence-corrected chi connectivity index (χ3v) is 2.90. The lowest BCUT2D eigenvalue weighted by Gasteiger charge is -2.14. The van der Waals surface area contributed by atoms with Gasteiger partial charge < -0.3 is 19.6 Å². The molecule has 0 saturated heterocycles. The zero-order valence-electron chi connectivity index (χ0n) is 11.8. The van der Waals surface area contributed by atoms with E-state index < -0.39 is 24.1 Å². The quantitative estimate of drug-likeness (QED) is 0.854. The van der Waals surface area contributed by atoms with Gasteiger partial charge in [-0.3, -0.25) is 4.79 Å². The Hall–Kier alpha value is -2.48. The Morgan fingerprint density at radius 3 is 2.70 bits per heavy atom. The Morgan fingerprint density at radius 2 is 2.09 bits per heavy atom. The van der Waals surface area contributed by atoms with Gasteiger partial charge in [0.1, 0.15) is 17.6 Å². The smallest absolute Gasteiger partial charge is 0.467 e. The van der Waals surface area contributed by atoms with E-state index in [1.54, 1.807) is 12.1 Å². The summed E-state index contributed by atoms with van der Waals surface area (Å²) in [6.45, 7) is -0.365. The topological polar surface area (TPSA) is 71.7 Å². The van der Waals surface area contributed by atoms with Crippen molar-refractivity contribution in [2.45, 2.75) is 18.8 Å². The lowest BCUT2D eigenvalue weighted by atomic mass is 10.1. The summed E-state index contributed by atoms with van der Waals surface area (Å²) < 4.78 is 45.4. The molecule has 0 fully saturated rings. The summed E-state index contributed by atoms with van der Waals surface area (Å²) in [5.41, 5.74) is 0.348. The van der Waals surface area contributed by atoms with Crippen molar-refractivity contribution in [1.29, 1.82) is 0 Å². The van der Waals surface area contributed by atoms with Gasteiger partial charge in [-0.15, -0.1) is 13.2 Å². The number of carbonyl (C=O) groups excluding carboxylic acids is 1. The molecule has 1 aromatic heterocycles. The maximum Gasteiger partial charge on any atom is 0.573 e. The molecule has 1 unspecified atom stereocenters. The molecule has 23 heavy (non-hydrogen) atoms. The van der Waals surface area contributed by atoms with Gasteiger partial charge in [0.05, 0.1) is 19.3 Å². The largest absolute Gasteiger partial charge is 0.573 e. The summed E-state index contributed by atoms with van der Waals surface area (Å²) in [4.78, 5) is 11.9. The second-order valence-electron chi connectivity index (χ2n) is 4.69. The molecule has 2 aromatic rings. The molecule has 1 atom stereocenters. The van der Waals surface area contributed by atoms with Gasteiger partial charge in [0.2, 0.25) is 5.91 Å². The van der Waals surface area contributed by atoms with Gasteiger partial charge in [0.15, 0.2) is 0 Å². The molecule has 5 nitrogen and oxygen atoms in total. The molecule has 0 aliphatic carbocycles. The molecule has 0 aliphatic rings. The molecular formula is C15H14F3NO4. The number of carbonyl (C=O) groups is 1. The van der Waals surface area contributed by atoms with Crippen LogP contribution in [0.25, 0.3) is 0 Å². The summed E-state index contributed by atoms with van der Waals surface area (Å²) in [6, 6.07) is 7.64. The zero-order valence-corrected chi connectivity index (χ0v) is 11.8. The Morgan fingerprint density at radius 1 is 1.30 bits per heavy atom. The Balaban J connectivity index is 1.98. The Bertz CT molecular complexity index is 640. The molecule has 0 aliphatic heterocycles. The van der Waals surface area contributed by atoms with Crippen LogP contribution in [0.15, 0.2) is 47.1 Å². The number of aliphatic hydroxyl groups is 1. The van der Waals surface area contributed by atoms with Crippen LogP contribution in [0.5, 0.6) is 5.75 Å². The summed E-state index contributed by atoms with van der Waals surface area (Å²) in [7, 11) is 0. The van der Waals surface area contributed by atoms with E-state index in [2.05, 4.69) is 10.1 Å². The predicted octanol–water partition coefficient (Wildman–Crippen LogP) is 2.57. The molecule has 1 heterocycles. The average Bonchev–Trinajstić information content (AvgIpc) is 2.97. The van der Waals surface area contributed by atoms with Gasteiger partial charge >= 0.3 is 6.36 Å². The van der Waals surface area contributed by atoms with Crippen LogP contribution in [0.4, 0.5) is 13.2 Å². The van der Waals surface area contributed by atoms with Crippen LogP contribution in [0, 0.1) is 0 Å². The molecule has 0 spiro atoms. The first-order valence-corrected chi connectivity index (χ1v) is 6.65. The number of alkyl halides is 3. The van der Waals surface area contributed by atoms with Gasteiger partial charge in [-0.2, -0.15) is 0 Å². The SMILES string of the molecule is O=C(Cc1cccc(OC(F)(F)F)c1)NC(CO)c1ccco1. The minimum Gasteiger partial charge on any atom is -0.467 e. The number of hydrogen-bond donors (Lipinski definition) is 2. The van der Waals surface area contributed by atoms with Gasteiger partial charge in [-0.25, -0.2) is 0 Å². The predicted molar refractivity (Wildman–Crippen MR) is 73.5 cm³/mol. The van der Waals surface area contributed by atoms with Crippen LogP contribution < -0.4 is 10.1 Å². The van der Waals surface area contributed by atoms with Crippen LogP contribution in [0.3, 0.4) is 0 Å². The third-order valence-electron chi connectivity index (χ3n) is 2.90.